The van der Waals surface area contributed by atoms with E-state index in [9.17, 15) is 23.9 Å². The molecule has 8 heteroatoms. The molecule has 0 saturated carbocycles. The van der Waals surface area contributed by atoms with Crippen molar-refractivity contribution in [2.75, 3.05) is 0 Å². The molecule has 1 aliphatic rings. The highest BCUT2D eigenvalue weighted by Gasteiger charge is 2.36. The Morgan fingerprint density at radius 2 is 1.96 bits per heavy atom. The molecule has 0 aromatic heterocycles. The number of amides is 2. The molecule has 0 fully saturated rings. The van der Waals surface area contributed by atoms with Crippen molar-refractivity contribution < 1.29 is 23.9 Å². The van der Waals surface area contributed by atoms with Crippen LogP contribution in [-0.2, 0) is 20.9 Å². The minimum Gasteiger partial charge on any atom is -0.480 e. The van der Waals surface area contributed by atoms with Crippen LogP contribution in [0.2, 0.25) is 0 Å². The van der Waals surface area contributed by atoms with E-state index in [0.717, 1.165) is 5.01 Å². The second kappa shape index (κ2) is 8.07. The average molecular weight is 363 g/mol. The Hall–Kier alpha value is -2.77. The Balaban J connectivity index is 2.14. The monoisotopic (exact) mass is 363 g/mol. The second-order valence-corrected chi connectivity index (χ2v) is 6.47. The van der Waals surface area contributed by atoms with Crippen LogP contribution in [0.5, 0.6) is 0 Å². The predicted molar refractivity (Wildman–Crippen MR) is 92.7 cm³/mol. The van der Waals surface area contributed by atoms with Gasteiger partial charge >= 0.3 is 5.97 Å². The van der Waals surface area contributed by atoms with Crippen molar-refractivity contribution in [2.24, 2.45) is 5.10 Å². The summed E-state index contributed by atoms with van der Waals surface area (Å²) < 4.78 is 13.0. The third-order valence-corrected chi connectivity index (χ3v) is 4.22. The van der Waals surface area contributed by atoms with E-state index in [4.69, 9.17) is 0 Å². The molecular weight excluding hydrogens is 341 g/mol. The van der Waals surface area contributed by atoms with E-state index in [2.05, 4.69) is 10.4 Å². The zero-order valence-corrected chi connectivity index (χ0v) is 14.8. The Morgan fingerprint density at radius 3 is 2.54 bits per heavy atom. The van der Waals surface area contributed by atoms with Gasteiger partial charge in [0, 0.05) is 12.8 Å². The van der Waals surface area contributed by atoms with E-state index in [0.29, 0.717) is 12.0 Å². The van der Waals surface area contributed by atoms with E-state index in [-0.39, 0.29) is 43.2 Å². The van der Waals surface area contributed by atoms with Crippen molar-refractivity contribution in [3.05, 3.63) is 35.6 Å². The molecule has 1 atom stereocenters. The SMILES string of the molecule is CCCC(C)(NC(=O)C1=NN(Cc2ccc(F)cc2)C(=O)CC1)C(=O)O. The smallest absolute Gasteiger partial charge is 0.329 e. The lowest BCUT2D eigenvalue weighted by Gasteiger charge is -2.28. The van der Waals surface area contributed by atoms with Crippen LogP contribution >= 0.6 is 0 Å². The molecule has 2 amide bonds. The van der Waals surface area contributed by atoms with E-state index in [1.807, 2.05) is 6.92 Å². The molecule has 2 N–H and O–H groups in total. The van der Waals surface area contributed by atoms with Crippen LogP contribution in [0.4, 0.5) is 4.39 Å². The van der Waals surface area contributed by atoms with E-state index in [1.165, 1.54) is 31.2 Å². The Labute approximate surface area is 150 Å². The van der Waals surface area contributed by atoms with Gasteiger partial charge in [0.05, 0.1) is 6.54 Å². The fraction of sp³-hybridized carbons (Fsp3) is 0.444. The molecular formula is C18H22FN3O4. The summed E-state index contributed by atoms with van der Waals surface area (Å²) in [6, 6.07) is 5.64. The van der Waals surface area contributed by atoms with Crippen LogP contribution in [0.3, 0.4) is 0 Å². The van der Waals surface area contributed by atoms with E-state index >= 15 is 0 Å². The summed E-state index contributed by atoms with van der Waals surface area (Å²) in [4.78, 5) is 36.0. The number of carbonyl (C=O) groups excluding carboxylic acids is 2. The van der Waals surface area contributed by atoms with Crippen molar-refractivity contribution in [1.29, 1.82) is 0 Å². The summed E-state index contributed by atoms with van der Waals surface area (Å²) in [7, 11) is 0. The number of rotatable bonds is 7. The summed E-state index contributed by atoms with van der Waals surface area (Å²) in [6.45, 7) is 3.39. The summed E-state index contributed by atoms with van der Waals surface area (Å²) >= 11 is 0. The number of hydrazone groups is 1. The largest absolute Gasteiger partial charge is 0.480 e. The van der Waals surface area contributed by atoms with Gasteiger partial charge in [0.25, 0.3) is 5.91 Å². The molecule has 1 heterocycles. The molecule has 0 spiro atoms. The van der Waals surface area contributed by atoms with Gasteiger partial charge in [0.2, 0.25) is 5.91 Å². The number of carboxylic acid groups (broad SMARTS) is 1. The predicted octanol–water partition coefficient (Wildman–Crippen LogP) is 2.06. The van der Waals surface area contributed by atoms with Gasteiger partial charge in [0.1, 0.15) is 17.1 Å². The lowest BCUT2D eigenvalue weighted by molar-refractivity contribution is -0.146. The number of hydrogen-bond acceptors (Lipinski definition) is 4. The third-order valence-electron chi connectivity index (χ3n) is 4.22. The number of halogens is 1. The number of aliphatic carboxylic acids is 1. The maximum Gasteiger partial charge on any atom is 0.329 e. The molecule has 1 aliphatic heterocycles. The van der Waals surface area contributed by atoms with E-state index < -0.39 is 17.4 Å². The number of carbonyl (C=O) groups is 3. The number of nitrogens with one attached hydrogen (secondary N) is 1. The standard InChI is InChI=1S/C18H22FN3O4/c1-3-10-18(2,17(25)26)20-16(24)14-8-9-15(23)22(21-14)11-12-4-6-13(19)7-5-12/h4-7H,3,8-11H2,1-2H3,(H,20,24)(H,25,26). The first kappa shape index (κ1) is 19.6. The molecule has 0 radical (unpaired) electrons. The summed E-state index contributed by atoms with van der Waals surface area (Å²) in [5.74, 6) is -2.35. The highest BCUT2D eigenvalue weighted by Crippen LogP contribution is 2.17. The highest BCUT2D eigenvalue weighted by molar-refractivity contribution is 6.40. The summed E-state index contributed by atoms with van der Waals surface area (Å²) in [5.41, 5.74) is -0.612. The topological polar surface area (TPSA) is 99.1 Å². The second-order valence-electron chi connectivity index (χ2n) is 6.47. The van der Waals surface area contributed by atoms with Gasteiger partial charge in [-0.15, -0.1) is 0 Å². The Bertz CT molecular complexity index is 732. The molecule has 26 heavy (non-hydrogen) atoms. The first-order chi connectivity index (χ1) is 12.2. The molecule has 0 aliphatic carbocycles. The lowest BCUT2D eigenvalue weighted by atomic mass is 9.95. The zero-order chi connectivity index (χ0) is 19.3. The molecule has 0 saturated heterocycles. The summed E-state index contributed by atoms with van der Waals surface area (Å²) in [5, 5.41) is 17.1. The quantitative estimate of drug-likeness (QED) is 0.775. The fourth-order valence-electron chi connectivity index (χ4n) is 2.70. The number of carboxylic acids is 1. The van der Waals surface area contributed by atoms with Crippen molar-refractivity contribution in [2.45, 2.75) is 51.6 Å². The molecule has 2 rings (SSSR count). The molecule has 1 unspecified atom stereocenters. The van der Waals surface area contributed by atoms with Crippen LogP contribution in [0, 0.1) is 5.82 Å². The first-order valence-electron chi connectivity index (χ1n) is 8.43. The lowest BCUT2D eigenvalue weighted by Crippen LogP contribution is -2.54. The number of hydrogen-bond donors (Lipinski definition) is 2. The molecule has 1 aromatic rings. The van der Waals surface area contributed by atoms with Gasteiger partial charge in [-0.1, -0.05) is 25.5 Å². The van der Waals surface area contributed by atoms with Crippen molar-refractivity contribution in [3.63, 3.8) is 0 Å². The Kier molecular flexibility index (Phi) is 6.07. The van der Waals surface area contributed by atoms with Gasteiger partial charge < -0.3 is 10.4 Å². The number of benzene rings is 1. The van der Waals surface area contributed by atoms with Crippen LogP contribution in [0.1, 0.15) is 45.1 Å². The summed E-state index contributed by atoms with van der Waals surface area (Å²) in [6.07, 6.45) is 1.11. The van der Waals surface area contributed by atoms with Gasteiger partial charge in [0.15, 0.2) is 0 Å². The third kappa shape index (κ3) is 4.65. The van der Waals surface area contributed by atoms with Gasteiger partial charge in [-0.25, -0.2) is 14.2 Å². The maximum absolute atomic E-state index is 13.0. The minimum atomic E-state index is -1.39. The van der Waals surface area contributed by atoms with Gasteiger partial charge in [-0.3, -0.25) is 9.59 Å². The molecule has 1 aromatic carbocycles. The van der Waals surface area contributed by atoms with Crippen molar-refractivity contribution in [1.82, 2.24) is 10.3 Å². The maximum atomic E-state index is 13.0. The molecule has 0 bridgehead atoms. The van der Waals surface area contributed by atoms with Gasteiger partial charge in [-0.05, 0) is 31.0 Å². The van der Waals surface area contributed by atoms with Crippen molar-refractivity contribution >= 4 is 23.5 Å². The van der Waals surface area contributed by atoms with Crippen LogP contribution in [0.15, 0.2) is 29.4 Å². The minimum absolute atomic E-state index is 0.102. The molecule has 140 valence electrons. The van der Waals surface area contributed by atoms with E-state index in [1.54, 1.807) is 0 Å². The van der Waals surface area contributed by atoms with Gasteiger partial charge in [-0.2, -0.15) is 5.10 Å². The normalized spacial score (nSPS) is 16.7. The van der Waals surface area contributed by atoms with Crippen LogP contribution in [-0.4, -0.2) is 39.1 Å². The first-order valence-corrected chi connectivity index (χ1v) is 8.43. The van der Waals surface area contributed by atoms with Crippen LogP contribution in [0.25, 0.3) is 0 Å². The Morgan fingerprint density at radius 1 is 1.31 bits per heavy atom. The fourth-order valence-corrected chi connectivity index (χ4v) is 2.70. The van der Waals surface area contributed by atoms with Crippen molar-refractivity contribution in [3.8, 4) is 0 Å². The zero-order valence-electron chi connectivity index (χ0n) is 14.8. The molecule has 7 nitrogen and oxygen atoms in total. The van der Waals surface area contributed by atoms with Crippen LogP contribution < -0.4 is 5.32 Å². The highest BCUT2D eigenvalue weighted by atomic mass is 19.1. The number of nitrogens with zero attached hydrogens (tertiary/aromatic N) is 2. The average Bonchev–Trinajstić information content (AvgIpc) is 2.58.